The Hall–Kier alpha value is -2.86. The maximum atomic E-state index is 12.6. The molecule has 2 heterocycles. The maximum absolute atomic E-state index is 12.6. The molecule has 29 heavy (non-hydrogen) atoms. The molecule has 0 aliphatic carbocycles. The van der Waals surface area contributed by atoms with Gasteiger partial charge in [-0.05, 0) is 48.6 Å². The Kier molecular flexibility index (Phi) is 6.23. The molecule has 0 saturated carbocycles. The van der Waals surface area contributed by atoms with E-state index in [-0.39, 0.29) is 17.3 Å². The Balaban J connectivity index is 1.66. The predicted molar refractivity (Wildman–Crippen MR) is 113 cm³/mol. The third kappa shape index (κ3) is 5.15. The van der Waals surface area contributed by atoms with E-state index in [9.17, 15) is 9.59 Å². The number of hydrogen-bond donors (Lipinski definition) is 1. The monoisotopic (exact) mass is 413 g/mol. The van der Waals surface area contributed by atoms with Gasteiger partial charge in [-0.1, -0.05) is 37.6 Å². The number of pyridine rings is 1. The topological polar surface area (TPSA) is 72.7 Å². The van der Waals surface area contributed by atoms with E-state index in [1.54, 1.807) is 48.0 Å². The summed E-state index contributed by atoms with van der Waals surface area (Å²) in [5.41, 5.74) is 2.08. The number of nitrogens with one attached hydrogen (secondary N) is 1. The lowest BCUT2D eigenvalue weighted by atomic mass is 9.80. The third-order valence-corrected chi connectivity index (χ3v) is 5.07. The van der Waals surface area contributed by atoms with E-state index in [0.717, 1.165) is 5.56 Å². The van der Waals surface area contributed by atoms with Crippen LogP contribution in [0.4, 0.5) is 5.82 Å². The van der Waals surface area contributed by atoms with E-state index in [1.165, 1.54) is 0 Å². The standard InChI is InChI=1S/C22H24ClN3O3/c1-4-29-20(27)11-12-22(2,3)16-7-5-15(6-8-16)21(28)25-18-14-26-13-17(23)9-10-19(26)24-18/h5-10,13-14H,4,11-12H2,1-3H3,(H,25,28). The second-order valence-electron chi connectivity index (χ2n) is 7.46. The van der Waals surface area contributed by atoms with Gasteiger partial charge in [-0.25, -0.2) is 4.98 Å². The van der Waals surface area contributed by atoms with Crippen LogP contribution in [-0.4, -0.2) is 27.9 Å². The molecule has 0 unspecified atom stereocenters. The van der Waals surface area contributed by atoms with Gasteiger partial charge in [-0.3, -0.25) is 9.59 Å². The number of carbonyl (C=O) groups excluding carboxylic acids is 2. The number of imidazole rings is 1. The molecule has 2 aromatic heterocycles. The van der Waals surface area contributed by atoms with Gasteiger partial charge < -0.3 is 14.5 Å². The van der Waals surface area contributed by atoms with Gasteiger partial charge in [0.25, 0.3) is 5.91 Å². The Morgan fingerprint density at radius 3 is 2.55 bits per heavy atom. The van der Waals surface area contributed by atoms with E-state index in [4.69, 9.17) is 16.3 Å². The van der Waals surface area contributed by atoms with Crippen molar-refractivity contribution in [1.82, 2.24) is 9.38 Å². The summed E-state index contributed by atoms with van der Waals surface area (Å²) in [6.45, 7) is 6.34. The number of hydrogen-bond acceptors (Lipinski definition) is 4. The Morgan fingerprint density at radius 2 is 1.86 bits per heavy atom. The smallest absolute Gasteiger partial charge is 0.305 e. The molecule has 1 aromatic carbocycles. The Morgan fingerprint density at radius 1 is 1.14 bits per heavy atom. The molecule has 1 amide bonds. The van der Waals surface area contributed by atoms with Crippen LogP contribution in [0.25, 0.3) is 5.65 Å². The minimum Gasteiger partial charge on any atom is -0.466 e. The highest BCUT2D eigenvalue weighted by Gasteiger charge is 2.22. The summed E-state index contributed by atoms with van der Waals surface area (Å²) in [6, 6.07) is 10.9. The van der Waals surface area contributed by atoms with E-state index < -0.39 is 0 Å². The molecule has 3 aromatic rings. The Labute approximate surface area is 174 Å². The second kappa shape index (κ2) is 8.66. The molecule has 0 aliphatic heterocycles. The number of carbonyl (C=O) groups is 2. The lowest BCUT2D eigenvalue weighted by molar-refractivity contribution is -0.143. The van der Waals surface area contributed by atoms with Crippen molar-refractivity contribution in [2.75, 3.05) is 11.9 Å². The number of ether oxygens (including phenoxy) is 1. The number of fused-ring (bicyclic) bond motifs is 1. The molecule has 1 N–H and O–H groups in total. The zero-order chi connectivity index (χ0) is 21.0. The molecule has 0 fully saturated rings. The summed E-state index contributed by atoms with van der Waals surface area (Å²) in [5.74, 6) is 0.0248. The average Bonchev–Trinajstić information content (AvgIpc) is 3.08. The molecule has 0 aliphatic rings. The van der Waals surface area contributed by atoms with Gasteiger partial charge in [0.15, 0.2) is 5.82 Å². The van der Waals surface area contributed by atoms with Crippen LogP contribution in [-0.2, 0) is 14.9 Å². The first-order chi connectivity index (χ1) is 13.8. The van der Waals surface area contributed by atoms with Crippen LogP contribution in [0.3, 0.4) is 0 Å². The van der Waals surface area contributed by atoms with Crippen molar-refractivity contribution in [1.29, 1.82) is 0 Å². The van der Waals surface area contributed by atoms with Crippen LogP contribution in [0.1, 0.15) is 49.5 Å². The summed E-state index contributed by atoms with van der Waals surface area (Å²) in [6.07, 6.45) is 4.47. The molecule has 0 saturated heterocycles. The second-order valence-corrected chi connectivity index (χ2v) is 7.90. The SMILES string of the molecule is CCOC(=O)CCC(C)(C)c1ccc(C(=O)Nc2cn3cc(Cl)ccc3n2)cc1. The average molecular weight is 414 g/mol. The van der Waals surface area contributed by atoms with Gasteiger partial charge in [0.05, 0.1) is 17.8 Å². The summed E-state index contributed by atoms with van der Waals surface area (Å²) in [4.78, 5) is 28.6. The molecule has 6 nitrogen and oxygen atoms in total. The van der Waals surface area contributed by atoms with Crippen molar-refractivity contribution in [3.05, 3.63) is 64.9 Å². The minimum atomic E-state index is -0.240. The highest BCUT2D eigenvalue weighted by Crippen LogP contribution is 2.29. The van der Waals surface area contributed by atoms with Crippen molar-refractivity contribution >= 4 is 34.9 Å². The first-order valence-corrected chi connectivity index (χ1v) is 9.88. The molecule has 0 spiro atoms. The summed E-state index contributed by atoms with van der Waals surface area (Å²) < 4.78 is 6.76. The fourth-order valence-electron chi connectivity index (χ4n) is 3.08. The van der Waals surface area contributed by atoms with Crippen LogP contribution in [0, 0.1) is 0 Å². The van der Waals surface area contributed by atoms with Crippen LogP contribution < -0.4 is 5.32 Å². The molecule has 152 valence electrons. The number of anilines is 1. The molecular weight excluding hydrogens is 390 g/mol. The van der Waals surface area contributed by atoms with Crippen molar-refractivity contribution in [2.24, 2.45) is 0 Å². The van der Waals surface area contributed by atoms with Gasteiger partial charge >= 0.3 is 5.97 Å². The normalized spacial score (nSPS) is 11.4. The van der Waals surface area contributed by atoms with Crippen LogP contribution in [0.2, 0.25) is 5.02 Å². The summed E-state index contributed by atoms with van der Waals surface area (Å²) >= 11 is 5.97. The highest BCUT2D eigenvalue weighted by atomic mass is 35.5. The predicted octanol–water partition coefficient (Wildman–Crippen LogP) is 4.86. The molecule has 7 heteroatoms. The van der Waals surface area contributed by atoms with Gasteiger partial charge in [-0.15, -0.1) is 0 Å². The third-order valence-electron chi connectivity index (χ3n) is 4.84. The number of rotatable bonds is 7. The fourth-order valence-corrected chi connectivity index (χ4v) is 3.25. The van der Waals surface area contributed by atoms with Crippen LogP contribution in [0.15, 0.2) is 48.8 Å². The molecule has 3 rings (SSSR count). The maximum Gasteiger partial charge on any atom is 0.305 e. The Bertz CT molecular complexity index is 1030. The number of aromatic nitrogens is 2. The zero-order valence-corrected chi connectivity index (χ0v) is 17.5. The van der Waals surface area contributed by atoms with Gasteiger partial charge in [0.1, 0.15) is 5.65 Å². The summed E-state index contributed by atoms with van der Waals surface area (Å²) in [7, 11) is 0. The van der Waals surface area contributed by atoms with Crippen molar-refractivity contribution < 1.29 is 14.3 Å². The van der Waals surface area contributed by atoms with Crippen molar-refractivity contribution in [2.45, 2.75) is 39.0 Å². The molecule has 0 bridgehead atoms. The van der Waals surface area contributed by atoms with Gasteiger partial charge in [0.2, 0.25) is 0 Å². The summed E-state index contributed by atoms with van der Waals surface area (Å²) in [5, 5.41) is 3.40. The number of esters is 1. The largest absolute Gasteiger partial charge is 0.466 e. The molecule has 0 radical (unpaired) electrons. The highest BCUT2D eigenvalue weighted by molar-refractivity contribution is 6.30. The first-order valence-electron chi connectivity index (χ1n) is 9.50. The fraction of sp³-hybridized carbons (Fsp3) is 0.318. The number of nitrogens with zero attached hydrogens (tertiary/aromatic N) is 2. The van der Waals surface area contributed by atoms with E-state index >= 15 is 0 Å². The first kappa shape index (κ1) is 20.9. The van der Waals surface area contributed by atoms with Crippen molar-refractivity contribution in [3.8, 4) is 0 Å². The lowest BCUT2D eigenvalue weighted by Gasteiger charge is -2.25. The minimum absolute atomic E-state index is 0.190. The molecule has 0 atom stereocenters. The van der Waals surface area contributed by atoms with E-state index in [2.05, 4.69) is 24.1 Å². The lowest BCUT2D eigenvalue weighted by Crippen LogP contribution is -2.20. The van der Waals surface area contributed by atoms with Crippen LogP contribution >= 0.6 is 11.6 Å². The van der Waals surface area contributed by atoms with Crippen molar-refractivity contribution in [3.63, 3.8) is 0 Å². The molecular formula is C22H24ClN3O3. The van der Waals surface area contributed by atoms with Gasteiger partial charge in [0, 0.05) is 18.2 Å². The number of benzene rings is 1. The quantitative estimate of drug-likeness (QED) is 0.561. The van der Waals surface area contributed by atoms with Crippen LogP contribution in [0.5, 0.6) is 0 Å². The van der Waals surface area contributed by atoms with Gasteiger partial charge in [-0.2, -0.15) is 0 Å². The van der Waals surface area contributed by atoms with E-state index in [0.29, 0.717) is 41.5 Å². The number of amides is 1. The zero-order valence-electron chi connectivity index (χ0n) is 16.7. The van der Waals surface area contributed by atoms with E-state index in [1.807, 2.05) is 12.1 Å². The number of halogens is 1.